The average molecular weight is 397 g/mol. The predicted octanol–water partition coefficient (Wildman–Crippen LogP) is 2.01. The molecule has 2 aromatic heterocycles. The highest BCUT2D eigenvalue weighted by molar-refractivity contribution is 5.96. The molecule has 2 saturated heterocycles. The topological polar surface area (TPSA) is 76.6 Å². The lowest BCUT2D eigenvalue weighted by Gasteiger charge is -2.49. The van der Waals surface area contributed by atoms with Crippen molar-refractivity contribution in [3.8, 4) is 5.82 Å². The number of carbonyl (C=O) groups excluding carboxylic acids is 1. The van der Waals surface area contributed by atoms with Gasteiger partial charge in [0.2, 0.25) is 0 Å². The van der Waals surface area contributed by atoms with Crippen LogP contribution in [-0.4, -0.2) is 58.7 Å². The molecule has 0 radical (unpaired) electrons. The molecule has 2 fully saturated rings. The largest absolute Gasteiger partial charge is 0.378 e. The van der Waals surface area contributed by atoms with Gasteiger partial charge in [0.25, 0.3) is 5.91 Å². The van der Waals surface area contributed by atoms with Crippen molar-refractivity contribution >= 4 is 11.7 Å². The Balaban J connectivity index is 1.62. The number of anilines is 1. The molecule has 3 atom stereocenters. The third kappa shape index (κ3) is 3.03. The number of amides is 1. The van der Waals surface area contributed by atoms with Crippen LogP contribution in [0.1, 0.15) is 28.8 Å². The number of nitrogens with two attached hydrogens (primary N) is 1. The van der Waals surface area contributed by atoms with E-state index in [1.54, 1.807) is 18.6 Å². The summed E-state index contributed by atoms with van der Waals surface area (Å²) in [6.45, 7) is 1.37. The molecule has 0 saturated carbocycles. The SMILES string of the molecule is CN1[C@@H]2COC[C@H]1CC(N1C=C(F)Cc3c(C(N)=O)cn(-c4ccccn4)c31)C2. The van der Waals surface area contributed by atoms with Gasteiger partial charge < -0.3 is 15.4 Å². The first-order valence-corrected chi connectivity index (χ1v) is 9.92. The summed E-state index contributed by atoms with van der Waals surface area (Å²) in [7, 11) is 2.13. The molecule has 152 valence electrons. The summed E-state index contributed by atoms with van der Waals surface area (Å²) in [5.74, 6) is 0.638. The quantitative estimate of drug-likeness (QED) is 0.857. The third-order valence-electron chi connectivity index (χ3n) is 6.37. The van der Waals surface area contributed by atoms with E-state index in [2.05, 4.69) is 16.9 Å². The number of halogens is 1. The number of fused-ring (bicyclic) bond motifs is 3. The van der Waals surface area contributed by atoms with Gasteiger partial charge in [0.05, 0.1) is 18.8 Å². The molecule has 2 bridgehead atoms. The number of morpholine rings is 1. The number of carbonyl (C=O) groups is 1. The van der Waals surface area contributed by atoms with Gasteiger partial charge in [0.1, 0.15) is 17.5 Å². The van der Waals surface area contributed by atoms with Crippen LogP contribution in [0.4, 0.5) is 10.2 Å². The number of pyridine rings is 1. The zero-order valence-electron chi connectivity index (χ0n) is 16.3. The second kappa shape index (κ2) is 6.96. The van der Waals surface area contributed by atoms with E-state index in [1.807, 2.05) is 27.7 Å². The van der Waals surface area contributed by atoms with Crippen molar-refractivity contribution in [3.05, 3.63) is 53.7 Å². The van der Waals surface area contributed by atoms with Gasteiger partial charge in [-0.1, -0.05) is 6.07 Å². The first-order chi connectivity index (χ1) is 14.0. The van der Waals surface area contributed by atoms with E-state index < -0.39 is 5.91 Å². The zero-order chi connectivity index (χ0) is 20.1. The fraction of sp³-hybridized carbons (Fsp3) is 0.429. The number of hydrogen-bond acceptors (Lipinski definition) is 5. The number of hydrogen-bond donors (Lipinski definition) is 1. The number of aromatic nitrogens is 2. The fourth-order valence-corrected chi connectivity index (χ4v) is 4.87. The van der Waals surface area contributed by atoms with Crippen molar-refractivity contribution in [1.29, 1.82) is 0 Å². The molecule has 3 aliphatic rings. The van der Waals surface area contributed by atoms with Gasteiger partial charge in [0, 0.05) is 48.7 Å². The van der Waals surface area contributed by atoms with Crippen molar-refractivity contribution < 1.29 is 13.9 Å². The lowest BCUT2D eigenvalue weighted by molar-refractivity contribution is -0.0645. The molecule has 3 aliphatic heterocycles. The standard InChI is InChI=1S/C21H24FN5O2/c1-25-15-7-14(8-16(25)12-29-11-15)26-9-13(22)6-17-18(20(23)28)10-27(21(17)26)19-4-2-3-5-24-19/h2-5,9-10,14-16H,6-8,11-12H2,1H3,(H2,23,28)/t14?,15-,16+. The number of nitrogens with zero attached hydrogens (tertiary/aromatic N) is 4. The monoisotopic (exact) mass is 397 g/mol. The van der Waals surface area contributed by atoms with Crippen molar-refractivity contribution in [2.75, 3.05) is 25.2 Å². The smallest absolute Gasteiger partial charge is 0.250 e. The first kappa shape index (κ1) is 18.3. The minimum absolute atomic E-state index is 0.0620. The van der Waals surface area contributed by atoms with Crippen molar-refractivity contribution in [2.24, 2.45) is 5.73 Å². The summed E-state index contributed by atoms with van der Waals surface area (Å²) in [6, 6.07) is 6.29. The van der Waals surface area contributed by atoms with Crippen LogP contribution in [0.3, 0.4) is 0 Å². The van der Waals surface area contributed by atoms with Gasteiger partial charge in [-0.2, -0.15) is 0 Å². The Hall–Kier alpha value is -2.71. The van der Waals surface area contributed by atoms with Crippen LogP contribution in [0.15, 0.2) is 42.6 Å². The maximum absolute atomic E-state index is 14.7. The molecule has 0 aliphatic carbocycles. The number of piperidine rings is 1. The van der Waals surface area contributed by atoms with Gasteiger partial charge in [-0.05, 0) is 32.0 Å². The van der Waals surface area contributed by atoms with Crippen LogP contribution < -0.4 is 10.6 Å². The Morgan fingerprint density at radius 2 is 2.00 bits per heavy atom. The van der Waals surface area contributed by atoms with E-state index in [0.29, 0.717) is 42.2 Å². The highest BCUT2D eigenvalue weighted by Crippen LogP contribution is 2.40. The molecule has 0 aromatic carbocycles. The van der Waals surface area contributed by atoms with Crippen LogP contribution in [0, 0.1) is 0 Å². The Morgan fingerprint density at radius 3 is 2.66 bits per heavy atom. The van der Waals surface area contributed by atoms with E-state index >= 15 is 0 Å². The number of ether oxygens (including phenoxy) is 1. The van der Waals surface area contributed by atoms with Gasteiger partial charge in [0.15, 0.2) is 0 Å². The summed E-state index contributed by atoms with van der Waals surface area (Å²) < 4.78 is 22.3. The van der Waals surface area contributed by atoms with Crippen molar-refractivity contribution in [3.63, 3.8) is 0 Å². The molecular formula is C21H24FN5O2. The molecule has 0 spiro atoms. The first-order valence-electron chi connectivity index (χ1n) is 9.92. The molecule has 5 heterocycles. The second-order valence-electron chi connectivity index (χ2n) is 8.06. The Kier molecular flexibility index (Phi) is 4.40. The van der Waals surface area contributed by atoms with E-state index in [1.165, 1.54) is 0 Å². The summed E-state index contributed by atoms with van der Waals surface area (Å²) in [5, 5.41) is 0. The Morgan fingerprint density at radius 1 is 1.24 bits per heavy atom. The molecule has 5 rings (SSSR count). The van der Waals surface area contributed by atoms with E-state index in [9.17, 15) is 9.18 Å². The summed E-state index contributed by atoms with van der Waals surface area (Å²) in [5.41, 5.74) is 6.61. The number of allylic oxidation sites excluding steroid dienone is 1. The molecule has 29 heavy (non-hydrogen) atoms. The average Bonchev–Trinajstić information content (AvgIpc) is 3.07. The molecular weight excluding hydrogens is 373 g/mol. The van der Waals surface area contributed by atoms with Crippen LogP contribution in [0.5, 0.6) is 0 Å². The highest BCUT2D eigenvalue weighted by atomic mass is 19.1. The summed E-state index contributed by atoms with van der Waals surface area (Å²) in [4.78, 5) is 20.9. The molecule has 7 nitrogen and oxygen atoms in total. The molecule has 2 N–H and O–H groups in total. The Bertz CT molecular complexity index is 959. The lowest BCUT2D eigenvalue weighted by Crippen LogP contribution is -2.59. The Labute approximate surface area is 168 Å². The molecule has 8 heteroatoms. The second-order valence-corrected chi connectivity index (χ2v) is 8.06. The van der Waals surface area contributed by atoms with Crippen molar-refractivity contribution in [2.45, 2.75) is 37.4 Å². The fourth-order valence-electron chi connectivity index (χ4n) is 4.87. The molecule has 2 aromatic rings. The molecule has 1 amide bonds. The zero-order valence-corrected chi connectivity index (χ0v) is 16.3. The minimum Gasteiger partial charge on any atom is -0.378 e. The van der Waals surface area contributed by atoms with Gasteiger partial charge in [-0.3, -0.25) is 14.3 Å². The third-order valence-corrected chi connectivity index (χ3v) is 6.37. The van der Waals surface area contributed by atoms with Crippen LogP contribution >= 0.6 is 0 Å². The van der Waals surface area contributed by atoms with Crippen LogP contribution in [0.2, 0.25) is 0 Å². The number of primary amides is 1. The number of likely N-dealkylation sites (N-methyl/N-ethyl adjacent to an activating group) is 1. The van der Waals surface area contributed by atoms with Crippen molar-refractivity contribution in [1.82, 2.24) is 14.5 Å². The van der Waals surface area contributed by atoms with Gasteiger partial charge in [-0.25, -0.2) is 9.37 Å². The van der Waals surface area contributed by atoms with E-state index in [0.717, 1.165) is 18.7 Å². The van der Waals surface area contributed by atoms with E-state index in [4.69, 9.17) is 10.5 Å². The van der Waals surface area contributed by atoms with Crippen LogP contribution in [0.25, 0.3) is 5.82 Å². The highest BCUT2D eigenvalue weighted by Gasteiger charge is 2.41. The van der Waals surface area contributed by atoms with E-state index in [-0.39, 0.29) is 18.3 Å². The lowest BCUT2D eigenvalue weighted by atomic mass is 9.89. The normalized spacial score (nSPS) is 26.8. The molecule has 1 unspecified atom stereocenters. The maximum atomic E-state index is 14.7. The summed E-state index contributed by atoms with van der Waals surface area (Å²) in [6.07, 6.45) is 6.75. The number of rotatable bonds is 3. The minimum atomic E-state index is -0.556. The predicted molar refractivity (Wildman–Crippen MR) is 107 cm³/mol. The van der Waals surface area contributed by atoms with Gasteiger partial charge >= 0.3 is 0 Å². The summed E-state index contributed by atoms with van der Waals surface area (Å²) >= 11 is 0. The van der Waals surface area contributed by atoms with Gasteiger partial charge in [-0.15, -0.1) is 0 Å². The maximum Gasteiger partial charge on any atom is 0.250 e. The van der Waals surface area contributed by atoms with Crippen LogP contribution in [-0.2, 0) is 11.2 Å².